The molecule has 2 aliphatic rings. The Kier molecular flexibility index (Phi) is 4.16. The summed E-state index contributed by atoms with van der Waals surface area (Å²) in [5, 5.41) is 15.1. The quantitative estimate of drug-likeness (QED) is 0.724. The Morgan fingerprint density at radius 1 is 1.18 bits per heavy atom. The van der Waals surface area contributed by atoms with E-state index in [0.717, 1.165) is 60.7 Å². The molecule has 2 aliphatic heterocycles. The van der Waals surface area contributed by atoms with E-state index in [1.54, 1.807) is 6.07 Å². The Balaban J connectivity index is 1.44. The van der Waals surface area contributed by atoms with E-state index >= 15 is 0 Å². The predicted molar refractivity (Wildman–Crippen MR) is 111 cm³/mol. The third kappa shape index (κ3) is 2.97. The van der Waals surface area contributed by atoms with E-state index in [4.69, 9.17) is 9.72 Å². The molecular weight excluding hydrogens is 354 g/mol. The van der Waals surface area contributed by atoms with Gasteiger partial charge < -0.3 is 25.0 Å². The summed E-state index contributed by atoms with van der Waals surface area (Å²) in [7, 11) is 2.07. The highest BCUT2D eigenvalue weighted by Crippen LogP contribution is 2.37. The number of phenols is 1. The van der Waals surface area contributed by atoms with Gasteiger partial charge in [0.2, 0.25) is 5.95 Å². The van der Waals surface area contributed by atoms with E-state index in [1.165, 1.54) is 0 Å². The Hall–Kier alpha value is -3.06. The Labute approximate surface area is 163 Å². The monoisotopic (exact) mass is 377 g/mol. The molecule has 3 aromatic rings. The van der Waals surface area contributed by atoms with Crippen LogP contribution in [0.3, 0.4) is 0 Å². The van der Waals surface area contributed by atoms with E-state index in [0.29, 0.717) is 12.0 Å². The van der Waals surface area contributed by atoms with Crippen molar-refractivity contribution in [2.75, 3.05) is 42.0 Å². The van der Waals surface area contributed by atoms with Crippen LogP contribution in [-0.4, -0.2) is 48.0 Å². The number of phenolic OH excluding ortho intramolecular Hbond substituents is 1. The number of anilines is 4. The lowest BCUT2D eigenvalue weighted by Gasteiger charge is -2.32. The molecule has 0 unspecified atom stereocenters. The SMILES string of the molecule is CN1CN(C2CCOCC2)c2nc(Nc3ccc4c(O)cccc4c3)ncc21. The Morgan fingerprint density at radius 2 is 2.04 bits per heavy atom. The minimum Gasteiger partial charge on any atom is -0.507 e. The molecule has 0 amide bonds. The molecule has 2 N–H and O–H groups in total. The molecule has 7 heteroatoms. The van der Waals surface area contributed by atoms with E-state index < -0.39 is 0 Å². The van der Waals surface area contributed by atoms with Crippen molar-refractivity contribution in [1.82, 2.24) is 9.97 Å². The van der Waals surface area contributed by atoms with Crippen LogP contribution in [0.5, 0.6) is 5.75 Å². The van der Waals surface area contributed by atoms with Crippen LogP contribution in [-0.2, 0) is 4.74 Å². The largest absolute Gasteiger partial charge is 0.507 e. The number of benzene rings is 2. The van der Waals surface area contributed by atoms with Gasteiger partial charge in [-0.15, -0.1) is 0 Å². The van der Waals surface area contributed by atoms with Gasteiger partial charge in [0.1, 0.15) is 5.75 Å². The van der Waals surface area contributed by atoms with Gasteiger partial charge in [0.25, 0.3) is 0 Å². The first-order valence-corrected chi connectivity index (χ1v) is 9.60. The zero-order valence-corrected chi connectivity index (χ0v) is 15.8. The second-order valence-electron chi connectivity index (χ2n) is 7.39. The van der Waals surface area contributed by atoms with E-state index in [-0.39, 0.29) is 5.75 Å². The second kappa shape index (κ2) is 6.83. The highest BCUT2D eigenvalue weighted by molar-refractivity contribution is 5.91. The van der Waals surface area contributed by atoms with Crippen LogP contribution >= 0.6 is 0 Å². The molecule has 1 aromatic heterocycles. The third-order valence-corrected chi connectivity index (χ3v) is 5.54. The molecule has 7 nitrogen and oxygen atoms in total. The van der Waals surface area contributed by atoms with Crippen LogP contribution in [0, 0.1) is 0 Å². The molecular formula is C21H23N5O2. The minimum absolute atomic E-state index is 0.285. The molecule has 1 fully saturated rings. The molecule has 5 rings (SSSR count). The average molecular weight is 377 g/mol. The number of fused-ring (bicyclic) bond motifs is 2. The first kappa shape index (κ1) is 17.1. The van der Waals surface area contributed by atoms with Crippen molar-refractivity contribution >= 4 is 33.9 Å². The van der Waals surface area contributed by atoms with Gasteiger partial charge in [0, 0.05) is 37.4 Å². The summed E-state index contributed by atoms with van der Waals surface area (Å²) in [6.45, 7) is 2.44. The van der Waals surface area contributed by atoms with Crippen molar-refractivity contribution in [2.24, 2.45) is 0 Å². The van der Waals surface area contributed by atoms with Crippen LogP contribution in [0.2, 0.25) is 0 Å². The number of ether oxygens (including phenoxy) is 1. The number of aromatic hydroxyl groups is 1. The molecule has 28 heavy (non-hydrogen) atoms. The van der Waals surface area contributed by atoms with Crippen molar-refractivity contribution in [3.8, 4) is 5.75 Å². The van der Waals surface area contributed by atoms with Gasteiger partial charge in [0.05, 0.1) is 18.6 Å². The zero-order chi connectivity index (χ0) is 19.1. The van der Waals surface area contributed by atoms with Crippen LogP contribution in [0.4, 0.5) is 23.1 Å². The number of hydrogen-bond acceptors (Lipinski definition) is 7. The topological polar surface area (TPSA) is 73.8 Å². The van der Waals surface area contributed by atoms with Gasteiger partial charge >= 0.3 is 0 Å². The molecule has 0 saturated carbocycles. The van der Waals surface area contributed by atoms with Crippen molar-refractivity contribution in [3.63, 3.8) is 0 Å². The van der Waals surface area contributed by atoms with Gasteiger partial charge in [-0.25, -0.2) is 4.98 Å². The predicted octanol–water partition coefficient (Wildman–Crippen LogP) is 3.47. The number of nitrogens with one attached hydrogen (secondary N) is 1. The highest BCUT2D eigenvalue weighted by Gasteiger charge is 2.32. The Morgan fingerprint density at radius 3 is 2.89 bits per heavy atom. The summed E-state index contributed by atoms with van der Waals surface area (Å²) in [4.78, 5) is 13.9. The lowest BCUT2D eigenvalue weighted by atomic mass is 10.1. The lowest BCUT2D eigenvalue weighted by molar-refractivity contribution is 0.0847. The van der Waals surface area contributed by atoms with Crippen molar-refractivity contribution in [2.45, 2.75) is 18.9 Å². The molecule has 144 valence electrons. The standard InChI is InChI=1S/C21H23N5O2/c1-25-13-26(16-7-9-28-10-8-16)20-18(25)12-22-21(24-20)23-15-5-6-17-14(11-15)3-2-4-19(17)27/h2-6,11-12,16,27H,7-10,13H2,1H3,(H,22,23,24). The van der Waals surface area contributed by atoms with Gasteiger partial charge in [0.15, 0.2) is 5.82 Å². The lowest BCUT2D eigenvalue weighted by Crippen LogP contribution is -2.41. The molecule has 2 aromatic carbocycles. The van der Waals surface area contributed by atoms with Gasteiger partial charge in [-0.2, -0.15) is 4.98 Å². The zero-order valence-electron chi connectivity index (χ0n) is 15.8. The fourth-order valence-electron chi connectivity index (χ4n) is 4.04. The number of hydrogen-bond donors (Lipinski definition) is 2. The van der Waals surface area contributed by atoms with Crippen molar-refractivity contribution in [1.29, 1.82) is 0 Å². The minimum atomic E-state index is 0.285. The molecule has 0 bridgehead atoms. The summed E-state index contributed by atoms with van der Waals surface area (Å²) < 4.78 is 5.52. The molecule has 1 saturated heterocycles. The summed E-state index contributed by atoms with van der Waals surface area (Å²) in [5.74, 6) is 1.84. The van der Waals surface area contributed by atoms with Crippen molar-refractivity contribution in [3.05, 3.63) is 42.6 Å². The van der Waals surface area contributed by atoms with E-state index in [9.17, 15) is 5.11 Å². The normalized spacial score (nSPS) is 17.2. The molecule has 3 heterocycles. The summed E-state index contributed by atoms with van der Waals surface area (Å²) in [6, 6.07) is 11.8. The summed E-state index contributed by atoms with van der Waals surface area (Å²) >= 11 is 0. The van der Waals surface area contributed by atoms with Crippen LogP contribution in [0.1, 0.15) is 12.8 Å². The smallest absolute Gasteiger partial charge is 0.229 e. The highest BCUT2D eigenvalue weighted by atomic mass is 16.5. The fraction of sp³-hybridized carbons (Fsp3) is 0.333. The van der Waals surface area contributed by atoms with Crippen LogP contribution in [0.25, 0.3) is 10.8 Å². The maximum atomic E-state index is 9.97. The fourth-order valence-corrected chi connectivity index (χ4v) is 4.04. The summed E-state index contributed by atoms with van der Waals surface area (Å²) in [6.07, 6.45) is 3.93. The second-order valence-corrected chi connectivity index (χ2v) is 7.39. The van der Waals surface area contributed by atoms with E-state index in [2.05, 4.69) is 27.1 Å². The molecule has 0 spiro atoms. The molecule has 0 radical (unpaired) electrons. The third-order valence-electron chi connectivity index (χ3n) is 5.54. The van der Waals surface area contributed by atoms with Crippen LogP contribution < -0.4 is 15.1 Å². The van der Waals surface area contributed by atoms with E-state index in [1.807, 2.05) is 36.5 Å². The maximum absolute atomic E-state index is 9.97. The van der Waals surface area contributed by atoms with Crippen LogP contribution in [0.15, 0.2) is 42.6 Å². The number of nitrogens with zero attached hydrogens (tertiary/aromatic N) is 4. The maximum Gasteiger partial charge on any atom is 0.229 e. The van der Waals surface area contributed by atoms with Crippen molar-refractivity contribution < 1.29 is 9.84 Å². The molecule has 0 aliphatic carbocycles. The number of aromatic nitrogens is 2. The first-order valence-electron chi connectivity index (χ1n) is 9.60. The number of rotatable bonds is 3. The van der Waals surface area contributed by atoms with Gasteiger partial charge in [-0.05, 0) is 42.5 Å². The van der Waals surface area contributed by atoms with Gasteiger partial charge in [-0.1, -0.05) is 12.1 Å². The Bertz CT molecular complexity index is 1020. The average Bonchev–Trinajstić information content (AvgIpc) is 3.05. The first-order chi connectivity index (χ1) is 13.7. The van der Waals surface area contributed by atoms with Gasteiger partial charge in [-0.3, -0.25) is 0 Å². The molecule has 0 atom stereocenters. The summed E-state index contributed by atoms with van der Waals surface area (Å²) in [5.41, 5.74) is 1.95.